The van der Waals surface area contributed by atoms with E-state index in [9.17, 15) is 14.7 Å². The second-order valence-electron chi connectivity index (χ2n) is 9.38. The maximum Gasteiger partial charge on any atom is 0.326 e. The Labute approximate surface area is 252 Å². The summed E-state index contributed by atoms with van der Waals surface area (Å²) in [5, 5.41) is 15.7. The van der Waals surface area contributed by atoms with E-state index in [1.807, 2.05) is 29.2 Å². The van der Waals surface area contributed by atoms with Gasteiger partial charge in [-0.25, -0.2) is 4.79 Å². The molecule has 0 spiro atoms. The average molecular weight is 608 g/mol. The Balaban J connectivity index is 1.51. The number of carbonyl (C=O) groups is 2. The first kappa shape index (κ1) is 28.9. The summed E-state index contributed by atoms with van der Waals surface area (Å²) in [7, 11) is 1.51. The Bertz CT molecular complexity index is 1620. The van der Waals surface area contributed by atoms with E-state index in [1.165, 1.54) is 7.11 Å². The summed E-state index contributed by atoms with van der Waals surface area (Å²) >= 11 is 12.3. The van der Waals surface area contributed by atoms with E-state index in [1.54, 1.807) is 47.4 Å². The molecule has 3 N–H and O–H groups in total. The lowest BCUT2D eigenvalue weighted by Gasteiger charge is -2.25. The third-order valence-corrected chi connectivity index (χ3v) is 7.30. The lowest BCUT2D eigenvalue weighted by Crippen LogP contribution is -2.30. The number of nitrogens with one attached hydrogen (secondary N) is 2. The van der Waals surface area contributed by atoms with Crippen LogP contribution < -0.4 is 25.2 Å². The van der Waals surface area contributed by atoms with E-state index in [-0.39, 0.29) is 31.4 Å². The lowest BCUT2D eigenvalue weighted by atomic mass is 10.2. The number of hydrogen-bond donors (Lipinski definition) is 3. The molecule has 0 atom stereocenters. The fourth-order valence-corrected chi connectivity index (χ4v) is 4.88. The second kappa shape index (κ2) is 12.9. The van der Waals surface area contributed by atoms with Crippen molar-refractivity contribution < 1.29 is 19.4 Å². The third-order valence-electron chi connectivity index (χ3n) is 6.56. The van der Waals surface area contributed by atoms with Crippen molar-refractivity contribution in [2.24, 2.45) is 0 Å². The number of carboxylic acid groups (broad SMARTS) is 1. The molecule has 3 aromatic carbocycles. The molecule has 216 valence electrons. The molecule has 0 saturated heterocycles. The van der Waals surface area contributed by atoms with Crippen molar-refractivity contribution in [1.82, 2.24) is 15.0 Å². The molecule has 2 amide bonds. The summed E-state index contributed by atoms with van der Waals surface area (Å²) in [6.45, 7) is 0.942. The maximum atomic E-state index is 13.0. The van der Waals surface area contributed by atoms with Crippen LogP contribution in [-0.4, -0.2) is 52.3 Å². The molecule has 0 fully saturated rings. The lowest BCUT2D eigenvalue weighted by molar-refractivity contribution is -0.136. The highest BCUT2D eigenvalue weighted by Crippen LogP contribution is 2.34. The molecule has 0 radical (unpaired) electrons. The van der Waals surface area contributed by atoms with Crippen molar-refractivity contribution in [3.05, 3.63) is 87.9 Å². The first-order valence-electron chi connectivity index (χ1n) is 13.0. The van der Waals surface area contributed by atoms with Crippen LogP contribution in [0, 0.1) is 0 Å². The summed E-state index contributed by atoms with van der Waals surface area (Å²) in [5.41, 5.74) is 3.32. The summed E-state index contributed by atoms with van der Waals surface area (Å²) in [6, 6.07) is 19.5. The van der Waals surface area contributed by atoms with Crippen molar-refractivity contribution in [2.45, 2.75) is 19.4 Å². The molecule has 4 aromatic rings. The Morgan fingerprint density at radius 3 is 2.57 bits per heavy atom. The van der Waals surface area contributed by atoms with Gasteiger partial charge in [-0.15, -0.1) is 0 Å². The van der Waals surface area contributed by atoms with E-state index >= 15 is 0 Å². The molecule has 5 rings (SSSR count). The number of aromatic nitrogens is 3. The van der Waals surface area contributed by atoms with Gasteiger partial charge in [-0.2, -0.15) is 15.0 Å². The number of amides is 2. The molecule has 0 saturated carbocycles. The summed E-state index contributed by atoms with van der Waals surface area (Å²) in [5.74, 6) is -0.0104. The van der Waals surface area contributed by atoms with Crippen LogP contribution in [0.2, 0.25) is 10.0 Å². The first-order chi connectivity index (χ1) is 20.3. The second-order valence-corrected chi connectivity index (χ2v) is 10.2. The highest BCUT2D eigenvalue weighted by atomic mass is 35.5. The van der Waals surface area contributed by atoms with Gasteiger partial charge in [0.15, 0.2) is 0 Å². The van der Waals surface area contributed by atoms with E-state index in [0.29, 0.717) is 34.0 Å². The number of carbonyl (C=O) groups excluding carboxylic acids is 1. The predicted octanol–water partition coefficient (Wildman–Crippen LogP) is 6.01. The predicted molar refractivity (Wildman–Crippen MR) is 162 cm³/mol. The number of benzene rings is 3. The van der Waals surface area contributed by atoms with Gasteiger partial charge in [0.1, 0.15) is 5.75 Å². The maximum absolute atomic E-state index is 13.0. The van der Waals surface area contributed by atoms with E-state index < -0.39 is 12.0 Å². The van der Waals surface area contributed by atoms with Gasteiger partial charge in [0.25, 0.3) is 0 Å². The smallest absolute Gasteiger partial charge is 0.326 e. The van der Waals surface area contributed by atoms with Crippen LogP contribution in [0.5, 0.6) is 5.75 Å². The number of methoxy groups -OCH3 is 1. The van der Waals surface area contributed by atoms with Crippen molar-refractivity contribution in [3.63, 3.8) is 0 Å². The third kappa shape index (κ3) is 6.81. The zero-order valence-corrected chi connectivity index (χ0v) is 24.1. The molecule has 42 heavy (non-hydrogen) atoms. The minimum absolute atomic E-state index is 0.0127. The minimum Gasteiger partial charge on any atom is -0.495 e. The van der Waals surface area contributed by atoms with Crippen LogP contribution in [0.3, 0.4) is 0 Å². The number of halogens is 2. The number of carboxylic acids is 1. The number of anilines is 5. The Morgan fingerprint density at radius 2 is 1.79 bits per heavy atom. The van der Waals surface area contributed by atoms with Gasteiger partial charge in [0, 0.05) is 25.3 Å². The monoisotopic (exact) mass is 607 g/mol. The number of urea groups is 1. The molecule has 13 heteroatoms. The summed E-state index contributed by atoms with van der Waals surface area (Å²) in [6.07, 6.45) is 0.617. The van der Waals surface area contributed by atoms with Gasteiger partial charge in [0.05, 0.1) is 29.3 Å². The van der Waals surface area contributed by atoms with Gasteiger partial charge < -0.3 is 25.0 Å². The largest absolute Gasteiger partial charge is 0.495 e. The fourth-order valence-electron chi connectivity index (χ4n) is 4.56. The molecule has 11 nitrogen and oxygen atoms in total. The molecule has 1 aliphatic heterocycles. The summed E-state index contributed by atoms with van der Waals surface area (Å²) in [4.78, 5) is 42.0. The van der Waals surface area contributed by atoms with Gasteiger partial charge in [-0.3, -0.25) is 10.1 Å². The Kier molecular flexibility index (Phi) is 8.89. The van der Waals surface area contributed by atoms with Crippen molar-refractivity contribution in [1.29, 1.82) is 0 Å². The first-order valence-corrected chi connectivity index (χ1v) is 13.8. The van der Waals surface area contributed by atoms with Crippen molar-refractivity contribution in [3.8, 4) is 5.75 Å². The highest BCUT2D eigenvalue weighted by Gasteiger charge is 2.25. The highest BCUT2D eigenvalue weighted by molar-refractivity contribution is 6.42. The molecule has 2 heterocycles. The Morgan fingerprint density at radius 1 is 1.00 bits per heavy atom. The molecule has 1 aliphatic rings. The van der Waals surface area contributed by atoms with Gasteiger partial charge in [-0.05, 0) is 47.9 Å². The van der Waals surface area contributed by atoms with E-state index in [2.05, 4.69) is 20.6 Å². The number of para-hydroxylation sites is 3. The van der Waals surface area contributed by atoms with E-state index in [4.69, 9.17) is 32.9 Å². The molecule has 0 aliphatic carbocycles. The molecule has 0 unspecified atom stereocenters. The normalized spacial score (nSPS) is 12.0. The number of ether oxygens (including phenoxy) is 1. The van der Waals surface area contributed by atoms with Gasteiger partial charge in [-0.1, -0.05) is 59.6 Å². The standard InChI is InChI=1S/C29H27Cl2N7O4/c1-42-24-9-5-3-7-22(24)32-29(41)35-26-33-27(36-28(34-26)38-15-12-19-6-2-4-8-23(19)38)37(14-13-25(39)40)17-18-10-11-20(30)21(31)16-18/h2-11,16H,12-15,17H2,1H3,(H,39,40)(H2,32,33,34,35,36,41). The van der Waals surface area contributed by atoms with Crippen LogP contribution in [-0.2, 0) is 17.8 Å². The molecule has 1 aromatic heterocycles. The SMILES string of the molecule is COc1ccccc1NC(=O)Nc1nc(N(CCC(=O)O)Cc2ccc(Cl)c(Cl)c2)nc(N2CCc3ccccc32)n1. The summed E-state index contributed by atoms with van der Waals surface area (Å²) < 4.78 is 5.32. The fraction of sp³-hybridized carbons (Fsp3) is 0.207. The molecular weight excluding hydrogens is 581 g/mol. The van der Waals surface area contributed by atoms with Crippen molar-refractivity contribution >= 4 is 64.4 Å². The van der Waals surface area contributed by atoms with Crippen LogP contribution in [0.4, 0.5) is 34.0 Å². The number of nitrogens with zero attached hydrogens (tertiary/aromatic N) is 5. The zero-order valence-electron chi connectivity index (χ0n) is 22.6. The molecular formula is C29H27Cl2N7O4. The number of rotatable bonds is 10. The van der Waals surface area contributed by atoms with Crippen LogP contribution >= 0.6 is 23.2 Å². The van der Waals surface area contributed by atoms with Gasteiger partial charge >= 0.3 is 12.0 Å². The molecule has 0 bridgehead atoms. The zero-order chi connectivity index (χ0) is 29.6. The van der Waals surface area contributed by atoms with Crippen LogP contribution in [0.15, 0.2) is 66.7 Å². The van der Waals surface area contributed by atoms with Crippen LogP contribution in [0.1, 0.15) is 17.5 Å². The quantitative estimate of drug-likeness (QED) is 0.198. The Hall–Kier alpha value is -4.61. The number of hydrogen-bond acceptors (Lipinski definition) is 8. The van der Waals surface area contributed by atoms with Gasteiger partial charge in [0.2, 0.25) is 17.8 Å². The van der Waals surface area contributed by atoms with E-state index in [0.717, 1.165) is 23.2 Å². The number of fused-ring (bicyclic) bond motifs is 1. The minimum atomic E-state index is -0.980. The van der Waals surface area contributed by atoms with Crippen molar-refractivity contribution in [2.75, 3.05) is 40.6 Å². The van der Waals surface area contributed by atoms with Crippen LogP contribution in [0.25, 0.3) is 0 Å². The topological polar surface area (TPSA) is 133 Å². The average Bonchev–Trinajstić information content (AvgIpc) is 3.41. The number of aliphatic carboxylic acids is 1.